The molecule has 1 aromatic rings. The average molecular weight is 401 g/mol. The lowest BCUT2D eigenvalue weighted by Gasteiger charge is -2.30. The van der Waals surface area contributed by atoms with E-state index in [4.69, 9.17) is 4.74 Å². The molecule has 29 heavy (non-hydrogen) atoms. The molecule has 1 N–H and O–H groups in total. The molecule has 1 atom stereocenters. The van der Waals surface area contributed by atoms with Gasteiger partial charge < -0.3 is 9.84 Å². The lowest BCUT2D eigenvalue weighted by Crippen LogP contribution is -2.23. The lowest BCUT2D eigenvalue weighted by molar-refractivity contribution is -0.140. The fourth-order valence-electron chi connectivity index (χ4n) is 4.39. The molecule has 0 spiro atoms. The molecule has 1 aliphatic carbocycles. The average Bonchev–Trinajstić information content (AvgIpc) is 2.71. The molecule has 0 heterocycles. The summed E-state index contributed by atoms with van der Waals surface area (Å²) in [6.07, 6.45) is 9.48. The standard InChI is InChI=1S/C26H40O3/c1-19(2)6-5-7-21-8-12-24(13-9-21)25-14-10-22(11-15-25)16-23(17-27)18-29-26(28)20(3)4/h8-9,12-13,19,22-23,25,27H,3,5-7,10-11,14-18H2,1-2,4H3. The molecule has 1 aromatic carbocycles. The fourth-order valence-corrected chi connectivity index (χ4v) is 4.39. The zero-order valence-electron chi connectivity index (χ0n) is 18.7. The molecular weight excluding hydrogens is 360 g/mol. The Labute approximate surface area is 177 Å². The smallest absolute Gasteiger partial charge is 0.333 e. The summed E-state index contributed by atoms with van der Waals surface area (Å²) in [6.45, 7) is 10.2. The van der Waals surface area contributed by atoms with E-state index in [1.54, 1.807) is 6.92 Å². The molecule has 0 saturated heterocycles. The van der Waals surface area contributed by atoms with Crippen molar-refractivity contribution in [2.45, 2.75) is 78.1 Å². The Bertz CT molecular complexity index is 624. The van der Waals surface area contributed by atoms with Crippen LogP contribution in [0.4, 0.5) is 0 Å². The Balaban J connectivity index is 1.75. The van der Waals surface area contributed by atoms with Crippen LogP contribution in [0.5, 0.6) is 0 Å². The van der Waals surface area contributed by atoms with E-state index in [0.29, 0.717) is 24.0 Å². The van der Waals surface area contributed by atoms with Crippen LogP contribution in [0.3, 0.4) is 0 Å². The van der Waals surface area contributed by atoms with Crippen LogP contribution in [0.15, 0.2) is 36.4 Å². The minimum absolute atomic E-state index is 0.0324. The Morgan fingerprint density at radius 2 is 1.83 bits per heavy atom. The first-order chi connectivity index (χ1) is 13.9. The van der Waals surface area contributed by atoms with Gasteiger partial charge >= 0.3 is 5.97 Å². The van der Waals surface area contributed by atoms with Gasteiger partial charge in [0, 0.05) is 18.1 Å². The van der Waals surface area contributed by atoms with Gasteiger partial charge in [0.1, 0.15) is 0 Å². The minimum atomic E-state index is -0.361. The molecular formula is C26H40O3. The topological polar surface area (TPSA) is 46.5 Å². The molecule has 1 aliphatic rings. The van der Waals surface area contributed by atoms with E-state index in [1.807, 2.05) is 0 Å². The zero-order valence-corrected chi connectivity index (χ0v) is 18.7. The highest BCUT2D eigenvalue weighted by atomic mass is 16.5. The number of aliphatic hydroxyl groups excluding tert-OH is 1. The Hall–Kier alpha value is -1.61. The van der Waals surface area contributed by atoms with Gasteiger partial charge in [0.05, 0.1) is 6.61 Å². The van der Waals surface area contributed by atoms with Crippen molar-refractivity contribution in [3.05, 3.63) is 47.5 Å². The molecule has 3 heteroatoms. The van der Waals surface area contributed by atoms with E-state index in [9.17, 15) is 9.90 Å². The summed E-state index contributed by atoms with van der Waals surface area (Å²) in [7, 11) is 0. The van der Waals surface area contributed by atoms with Crippen LogP contribution in [0.25, 0.3) is 0 Å². The zero-order chi connectivity index (χ0) is 21.2. The van der Waals surface area contributed by atoms with Crippen molar-refractivity contribution in [3.8, 4) is 0 Å². The summed E-state index contributed by atoms with van der Waals surface area (Å²) in [5.74, 6) is 1.73. The summed E-state index contributed by atoms with van der Waals surface area (Å²) in [5, 5.41) is 9.64. The van der Waals surface area contributed by atoms with Gasteiger partial charge in [-0.15, -0.1) is 0 Å². The van der Waals surface area contributed by atoms with Gasteiger partial charge in [0.15, 0.2) is 0 Å². The van der Waals surface area contributed by atoms with Crippen LogP contribution in [-0.2, 0) is 16.0 Å². The maximum atomic E-state index is 11.6. The number of aliphatic hydroxyl groups is 1. The summed E-state index contributed by atoms with van der Waals surface area (Å²) in [6, 6.07) is 9.31. The second-order valence-electron chi connectivity index (χ2n) is 9.41. The van der Waals surface area contributed by atoms with Crippen LogP contribution < -0.4 is 0 Å². The highest BCUT2D eigenvalue weighted by molar-refractivity contribution is 5.86. The first-order valence-electron chi connectivity index (χ1n) is 11.4. The number of hydrogen-bond acceptors (Lipinski definition) is 3. The molecule has 1 saturated carbocycles. The third-order valence-electron chi connectivity index (χ3n) is 6.27. The molecule has 162 valence electrons. The van der Waals surface area contributed by atoms with Gasteiger partial charge in [-0.05, 0) is 80.8 Å². The third-order valence-corrected chi connectivity index (χ3v) is 6.27. The summed E-state index contributed by atoms with van der Waals surface area (Å²) in [5.41, 5.74) is 3.34. The van der Waals surface area contributed by atoms with Gasteiger partial charge in [-0.1, -0.05) is 51.1 Å². The Morgan fingerprint density at radius 1 is 1.17 bits per heavy atom. The van der Waals surface area contributed by atoms with Gasteiger partial charge in [0.2, 0.25) is 0 Å². The van der Waals surface area contributed by atoms with E-state index in [0.717, 1.165) is 12.3 Å². The van der Waals surface area contributed by atoms with Gasteiger partial charge in [-0.3, -0.25) is 0 Å². The lowest BCUT2D eigenvalue weighted by atomic mass is 9.76. The molecule has 0 bridgehead atoms. The van der Waals surface area contributed by atoms with Crippen molar-refractivity contribution in [2.24, 2.45) is 17.8 Å². The SMILES string of the molecule is C=C(C)C(=O)OCC(CO)CC1CCC(c2ccc(CCCC(C)C)cc2)CC1. The number of benzene rings is 1. The molecule has 0 aliphatic heterocycles. The highest BCUT2D eigenvalue weighted by Crippen LogP contribution is 2.38. The first-order valence-corrected chi connectivity index (χ1v) is 11.4. The first kappa shape index (κ1) is 23.7. The van der Waals surface area contributed by atoms with Crippen molar-refractivity contribution < 1.29 is 14.6 Å². The van der Waals surface area contributed by atoms with Crippen LogP contribution in [-0.4, -0.2) is 24.3 Å². The van der Waals surface area contributed by atoms with Crippen LogP contribution in [0, 0.1) is 17.8 Å². The van der Waals surface area contributed by atoms with E-state index in [2.05, 4.69) is 44.7 Å². The maximum Gasteiger partial charge on any atom is 0.333 e. The van der Waals surface area contributed by atoms with Crippen LogP contribution >= 0.6 is 0 Å². The highest BCUT2D eigenvalue weighted by Gasteiger charge is 2.25. The number of carbonyl (C=O) groups excluding carboxylic acids is 1. The van der Waals surface area contributed by atoms with E-state index in [1.165, 1.54) is 56.1 Å². The van der Waals surface area contributed by atoms with Gasteiger partial charge in [0.25, 0.3) is 0 Å². The number of aryl methyl sites for hydroxylation is 1. The Morgan fingerprint density at radius 3 is 2.38 bits per heavy atom. The van der Waals surface area contributed by atoms with Crippen LogP contribution in [0.1, 0.15) is 82.8 Å². The predicted octanol–water partition coefficient (Wildman–Crippen LogP) is 6.06. The number of esters is 1. The third kappa shape index (κ3) is 8.34. The monoisotopic (exact) mass is 400 g/mol. The molecule has 3 nitrogen and oxygen atoms in total. The molecule has 0 radical (unpaired) electrons. The van der Waals surface area contributed by atoms with Crippen molar-refractivity contribution in [2.75, 3.05) is 13.2 Å². The second-order valence-corrected chi connectivity index (χ2v) is 9.41. The molecule has 1 fully saturated rings. The maximum absolute atomic E-state index is 11.6. The quantitative estimate of drug-likeness (QED) is 0.363. The van der Waals surface area contributed by atoms with E-state index in [-0.39, 0.29) is 18.5 Å². The number of ether oxygens (including phenoxy) is 1. The number of carbonyl (C=O) groups is 1. The molecule has 1 unspecified atom stereocenters. The molecule has 0 amide bonds. The second kappa shape index (κ2) is 12.2. The summed E-state index contributed by atoms with van der Waals surface area (Å²) < 4.78 is 5.24. The Kier molecular flexibility index (Phi) is 9.93. The minimum Gasteiger partial charge on any atom is -0.462 e. The van der Waals surface area contributed by atoms with Crippen molar-refractivity contribution in [1.29, 1.82) is 0 Å². The van der Waals surface area contributed by atoms with E-state index < -0.39 is 0 Å². The number of hydrogen-bond donors (Lipinski definition) is 1. The molecule has 0 aromatic heterocycles. The van der Waals surface area contributed by atoms with Gasteiger partial charge in [-0.2, -0.15) is 0 Å². The van der Waals surface area contributed by atoms with Gasteiger partial charge in [-0.25, -0.2) is 4.79 Å². The molecule has 2 rings (SSSR count). The number of rotatable bonds is 11. The van der Waals surface area contributed by atoms with Crippen molar-refractivity contribution in [1.82, 2.24) is 0 Å². The summed E-state index contributed by atoms with van der Waals surface area (Å²) >= 11 is 0. The van der Waals surface area contributed by atoms with Crippen molar-refractivity contribution >= 4 is 5.97 Å². The normalized spacial score (nSPS) is 20.4. The van der Waals surface area contributed by atoms with Crippen LogP contribution in [0.2, 0.25) is 0 Å². The summed E-state index contributed by atoms with van der Waals surface area (Å²) in [4.78, 5) is 11.6. The van der Waals surface area contributed by atoms with Crippen molar-refractivity contribution in [3.63, 3.8) is 0 Å². The largest absolute Gasteiger partial charge is 0.462 e. The predicted molar refractivity (Wildman–Crippen MR) is 120 cm³/mol. The fraction of sp³-hybridized carbons (Fsp3) is 0.654. The van der Waals surface area contributed by atoms with E-state index >= 15 is 0 Å².